The summed E-state index contributed by atoms with van der Waals surface area (Å²) < 4.78 is 26.3. The lowest BCUT2D eigenvalue weighted by molar-refractivity contribution is 0.0256. The minimum Gasteiger partial charge on any atom is -0.368 e. The number of nitrogen functional groups attached to an aromatic ring is 1. The van der Waals surface area contributed by atoms with Crippen molar-refractivity contribution in [3.05, 3.63) is 6.07 Å². The highest BCUT2D eigenvalue weighted by Gasteiger charge is 2.38. The van der Waals surface area contributed by atoms with Crippen LogP contribution in [0.3, 0.4) is 0 Å². The fourth-order valence-corrected chi connectivity index (χ4v) is 1.92. The summed E-state index contributed by atoms with van der Waals surface area (Å²) in [6.07, 6.45) is -0.149. The first-order valence-electron chi connectivity index (χ1n) is 5.89. The Hall–Kier alpha value is -1.66. The molecule has 0 amide bonds. The molecule has 1 fully saturated rings. The van der Waals surface area contributed by atoms with Crippen molar-refractivity contribution in [2.24, 2.45) is 0 Å². The maximum absolute atomic E-state index is 13.2. The lowest BCUT2D eigenvalue weighted by Crippen LogP contribution is -2.26. The van der Waals surface area contributed by atoms with Crippen molar-refractivity contribution in [2.45, 2.75) is 32.2 Å². The normalized spacial score (nSPS) is 18.4. The third kappa shape index (κ3) is 2.96. The number of hydrogen-bond donors (Lipinski definition) is 2. The van der Waals surface area contributed by atoms with Crippen LogP contribution in [-0.2, 0) is 0 Å². The second-order valence-electron chi connectivity index (χ2n) is 4.80. The summed E-state index contributed by atoms with van der Waals surface area (Å²) in [7, 11) is 0. The quantitative estimate of drug-likeness (QED) is 0.863. The molecule has 0 atom stereocenters. The Labute approximate surface area is 104 Å². The van der Waals surface area contributed by atoms with E-state index in [1.807, 2.05) is 13.8 Å². The molecule has 0 spiro atoms. The minimum atomic E-state index is -2.65. The minimum absolute atomic E-state index is 0.0888. The Bertz CT molecular complexity index is 435. The summed E-state index contributed by atoms with van der Waals surface area (Å²) in [5, 5.41) is 3.08. The van der Waals surface area contributed by atoms with E-state index in [2.05, 4.69) is 15.3 Å². The van der Waals surface area contributed by atoms with Gasteiger partial charge in [-0.2, -0.15) is 9.97 Å². The van der Waals surface area contributed by atoms with Crippen molar-refractivity contribution in [1.29, 1.82) is 0 Å². The molecule has 1 aromatic heterocycles. The zero-order valence-electron chi connectivity index (χ0n) is 10.5. The summed E-state index contributed by atoms with van der Waals surface area (Å²) in [6.45, 7) is 3.89. The zero-order chi connectivity index (χ0) is 13.3. The van der Waals surface area contributed by atoms with Crippen LogP contribution in [0.1, 0.15) is 20.3 Å². The largest absolute Gasteiger partial charge is 0.368 e. The number of nitrogens with two attached hydrogens (primary N) is 1. The van der Waals surface area contributed by atoms with Gasteiger partial charge < -0.3 is 16.0 Å². The van der Waals surface area contributed by atoms with E-state index in [-0.39, 0.29) is 31.5 Å². The summed E-state index contributed by atoms with van der Waals surface area (Å²) >= 11 is 0. The Kier molecular flexibility index (Phi) is 3.23. The molecule has 1 aromatic rings. The van der Waals surface area contributed by atoms with Crippen LogP contribution in [0.15, 0.2) is 6.07 Å². The number of anilines is 3. The highest BCUT2D eigenvalue weighted by atomic mass is 19.3. The molecule has 100 valence electrons. The van der Waals surface area contributed by atoms with Crippen LogP contribution in [0.4, 0.5) is 26.4 Å². The Morgan fingerprint density at radius 1 is 1.44 bits per heavy atom. The van der Waals surface area contributed by atoms with Gasteiger partial charge in [-0.25, -0.2) is 8.78 Å². The summed E-state index contributed by atoms with van der Waals surface area (Å²) in [6, 6.07) is 1.84. The van der Waals surface area contributed by atoms with E-state index in [4.69, 9.17) is 5.73 Å². The number of hydrogen-bond acceptors (Lipinski definition) is 5. The molecule has 0 saturated carbocycles. The Morgan fingerprint density at radius 2 is 2.17 bits per heavy atom. The maximum atomic E-state index is 13.2. The average molecular weight is 257 g/mol. The molecule has 0 radical (unpaired) electrons. The summed E-state index contributed by atoms with van der Waals surface area (Å²) in [4.78, 5) is 9.56. The van der Waals surface area contributed by atoms with E-state index in [0.29, 0.717) is 11.6 Å². The van der Waals surface area contributed by atoms with Crippen molar-refractivity contribution in [2.75, 3.05) is 29.0 Å². The second-order valence-corrected chi connectivity index (χ2v) is 4.80. The highest BCUT2D eigenvalue weighted by molar-refractivity contribution is 5.53. The van der Waals surface area contributed by atoms with Crippen LogP contribution in [0.2, 0.25) is 0 Å². The van der Waals surface area contributed by atoms with Gasteiger partial charge in [0.1, 0.15) is 11.6 Å². The fraction of sp³-hybridized carbons (Fsp3) is 0.636. The molecule has 0 aliphatic carbocycles. The summed E-state index contributed by atoms with van der Waals surface area (Å²) in [5.74, 6) is -1.55. The van der Waals surface area contributed by atoms with Crippen LogP contribution in [0, 0.1) is 0 Å². The number of halogens is 2. The van der Waals surface area contributed by atoms with Crippen LogP contribution in [-0.4, -0.2) is 35.0 Å². The molecule has 18 heavy (non-hydrogen) atoms. The van der Waals surface area contributed by atoms with Crippen LogP contribution in [0.5, 0.6) is 0 Å². The van der Waals surface area contributed by atoms with Crippen LogP contribution in [0.25, 0.3) is 0 Å². The summed E-state index contributed by atoms with van der Waals surface area (Å²) in [5.41, 5.74) is 5.59. The standard InChI is InChI=1S/C11H17F2N5/c1-7(2)15-8-5-9(17-10(14)16-8)18-4-3-11(12,13)6-18/h5,7H,3-4,6H2,1-2H3,(H3,14,15,16,17). The van der Waals surface area contributed by atoms with E-state index in [9.17, 15) is 8.78 Å². The maximum Gasteiger partial charge on any atom is 0.266 e. The van der Waals surface area contributed by atoms with Crippen molar-refractivity contribution in [3.8, 4) is 0 Å². The molecule has 0 bridgehead atoms. The molecule has 0 unspecified atom stereocenters. The molecule has 1 aliphatic heterocycles. The SMILES string of the molecule is CC(C)Nc1cc(N2CCC(F)(F)C2)nc(N)n1. The molecule has 3 N–H and O–H groups in total. The molecule has 1 saturated heterocycles. The van der Waals surface area contributed by atoms with Gasteiger partial charge in [-0.15, -0.1) is 0 Å². The number of nitrogens with zero attached hydrogens (tertiary/aromatic N) is 3. The van der Waals surface area contributed by atoms with E-state index >= 15 is 0 Å². The van der Waals surface area contributed by atoms with Crippen molar-refractivity contribution < 1.29 is 8.78 Å². The monoisotopic (exact) mass is 257 g/mol. The van der Waals surface area contributed by atoms with Gasteiger partial charge in [0.25, 0.3) is 5.92 Å². The molecule has 1 aliphatic rings. The Morgan fingerprint density at radius 3 is 2.72 bits per heavy atom. The van der Waals surface area contributed by atoms with Crippen LogP contribution < -0.4 is 16.0 Å². The van der Waals surface area contributed by atoms with Gasteiger partial charge in [-0.05, 0) is 13.8 Å². The smallest absolute Gasteiger partial charge is 0.266 e. The predicted molar refractivity (Wildman–Crippen MR) is 67.0 cm³/mol. The lowest BCUT2D eigenvalue weighted by atomic mass is 10.3. The third-order valence-electron chi connectivity index (χ3n) is 2.66. The van der Waals surface area contributed by atoms with Gasteiger partial charge in [0.05, 0.1) is 6.54 Å². The van der Waals surface area contributed by atoms with Crippen molar-refractivity contribution >= 4 is 17.6 Å². The van der Waals surface area contributed by atoms with Gasteiger partial charge in [0.15, 0.2) is 0 Å². The zero-order valence-corrected chi connectivity index (χ0v) is 10.5. The van der Waals surface area contributed by atoms with E-state index in [1.165, 1.54) is 4.90 Å². The van der Waals surface area contributed by atoms with Crippen LogP contribution >= 0.6 is 0 Å². The highest BCUT2D eigenvalue weighted by Crippen LogP contribution is 2.30. The fourth-order valence-electron chi connectivity index (χ4n) is 1.92. The number of aromatic nitrogens is 2. The van der Waals surface area contributed by atoms with Gasteiger partial charge in [0.2, 0.25) is 5.95 Å². The number of alkyl halides is 2. The predicted octanol–water partition coefficient (Wildman–Crippen LogP) is 1.72. The first kappa shape index (κ1) is 12.8. The van der Waals surface area contributed by atoms with Gasteiger partial charge in [-0.3, -0.25) is 0 Å². The van der Waals surface area contributed by atoms with E-state index in [0.717, 1.165) is 0 Å². The molecule has 2 rings (SSSR count). The number of rotatable bonds is 3. The molecular formula is C11H17F2N5. The first-order chi connectivity index (χ1) is 8.35. The average Bonchev–Trinajstić information content (AvgIpc) is 2.57. The molecule has 0 aromatic carbocycles. The Balaban J connectivity index is 2.20. The first-order valence-corrected chi connectivity index (χ1v) is 5.89. The lowest BCUT2D eigenvalue weighted by Gasteiger charge is -2.18. The van der Waals surface area contributed by atoms with Crippen molar-refractivity contribution in [1.82, 2.24) is 9.97 Å². The van der Waals surface area contributed by atoms with Gasteiger partial charge >= 0.3 is 0 Å². The topological polar surface area (TPSA) is 67.1 Å². The van der Waals surface area contributed by atoms with Gasteiger partial charge in [-0.1, -0.05) is 0 Å². The molecule has 7 heteroatoms. The van der Waals surface area contributed by atoms with Crippen molar-refractivity contribution in [3.63, 3.8) is 0 Å². The van der Waals surface area contributed by atoms with E-state index < -0.39 is 5.92 Å². The second kappa shape index (κ2) is 4.55. The van der Waals surface area contributed by atoms with Gasteiger partial charge in [0, 0.05) is 25.1 Å². The molecule has 5 nitrogen and oxygen atoms in total. The number of nitrogens with one attached hydrogen (secondary N) is 1. The third-order valence-corrected chi connectivity index (χ3v) is 2.66. The van der Waals surface area contributed by atoms with E-state index in [1.54, 1.807) is 6.07 Å². The molecule has 2 heterocycles. The molecular weight excluding hydrogens is 240 g/mol.